The van der Waals surface area contributed by atoms with Crippen LogP contribution in [0.3, 0.4) is 0 Å². The maximum atomic E-state index is 12.2. The van der Waals surface area contributed by atoms with Crippen molar-refractivity contribution in [1.82, 2.24) is 0 Å². The van der Waals surface area contributed by atoms with Crippen LogP contribution in [0.2, 0.25) is 0 Å². The predicted octanol–water partition coefficient (Wildman–Crippen LogP) is 3.57. The molecule has 3 rings (SSSR count). The van der Waals surface area contributed by atoms with Gasteiger partial charge in [0.15, 0.2) is 5.76 Å². The molecule has 0 aliphatic carbocycles. The first-order valence-corrected chi connectivity index (χ1v) is 6.78. The summed E-state index contributed by atoms with van der Waals surface area (Å²) in [6.45, 7) is 4.03. The monoisotopic (exact) mass is 294 g/mol. The van der Waals surface area contributed by atoms with Crippen LogP contribution in [0.4, 0.5) is 0 Å². The number of carbonyl (C=O) groups excluding carboxylic acids is 1. The van der Waals surface area contributed by atoms with Crippen LogP contribution in [-0.2, 0) is 0 Å². The Labute approximate surface area is 127 Å². The lowest BCUT2D eigenvalue weighted by atomic mass is 10.1. The van der Waals surface area contributed by atoms with Gasteiger partial charge in [0.1, 0.15) is 23.9 Å². The molecule has 0 unspecified atom stereocenters. The highest BCUT2D eigenvalue weighted by atomic mass is 16.5. The van der Waals surface area contributed by atoms with E-state index in [1.807, 2.05) is 24.3 Å². The zero-order valence-electron chi connectivity index (χ0n) is 11.8. The van der Waals surface area contributed by atoms with Gasteiger partial charge in [0, 0.05) is 6.07 Å². The third kappa shape index (κ3) is 2.72. The molecule has 2 aromatic rings. The summed E-state index contributed by atoms with van der Waals surface area (Å²) in [7, 11) is 0. The summed E-state index contributed by atoms with van der Waals surface area (Å²) in [4.78, 5) is 12.2. The summed E-state index contributed by atoms with van der Waals surface area (Å²) in [6.07, 6.45) is 3.34. The first-order valence-electron chi connectivity index (χ1n) is 6.78. The Bertz CT molecular complexity index is 757. The van der Waals surface area contributed by atoms with E-state index in [-0.39, 0.29) is 17.3 Å². The number of Topliss-reactive ketones (excluding diaryl/α,β-unsaturated/α-hetero) is 1. The fourth-order valence-electron chi connectivity index (χ4n) is 2.14. The fraction of sp³-hybridized carbons (Fsp3) is 0.0556. The molecule has 0 saturated carbocycles. The number of aromatic hydroxyl groups is 1. The number of hydrogen-bond acceptors (Lipinski definition) is 4. The molecule has 0 atom stereocenters. The third-order valence-corrected chi connectivity index (χ3v) is 3.20. The predicted molar refractivity (Wildman–Crippen MR) is 83.2 cm³/mol. The number of phenolic OH excluding ortho intramolecular Hbond substituents is 1. The Morgan fingerprint density at radius 3 is 2.68 bits per heavy atom. The van der Waals surface area contributed by atoms with E-state index in [9.17, 15) is 9.90 Å². The van der Waals surface area contributed by atoms with Gasteiger partial charge in [-0.1, -0.05) is 24.8 Å². The molecule has 1 aliphatic heterocycles. The highest BCUT2D eigenvalue weighted by Crippen LogP contribution is 2.34. The molecular formula is C18H14O4. The van der Waals surface area contributed by atoms with Crippen LogP contribution in [0.1, 0.15) is 15.9 Å². The van der Waals surface area contributed by atoms with Crippen molar-refractivity contribution in [3.05, 3.63) is 72.0 Å². The number of rotatable bonds is 4. The molecule has 4 nitrogen and oxygen atoms in total. The lowest BCUT2D eigenvalue weighted by molar-refractivity contribution is 0.101. The minimum absolute atomic E-state index is 0.0662. The van der Waals surface area contributed by atoms with E-state index in [1.165, 1.54) is 12.1 Å². The number of allylic oxidation sites excluding steroid dienone is 1. The normalized spacial score (nSPS) is 14.5. The number of phenols is 1. The first kappa shape index (κ1) is 13.9. The molecule has 0 radical (unpaired) electrons. The molecule has 4 heteroatoms. The van der Waals surface area contributed by atoms with Gasteiger partial charge >= 0.3 is 0 Å². The Balaban J connectivity index is 1.82. The summed E-state index contributed by atoms with van der Waals surface area (Å²) in [5, 5.41) is 9.43. The average molecular weight is 294 g/mol. The molecule has 1 N–H and O–H groups in total. The molecule has 0 aromatic heterocycles. The molecule has 22 heavy (non-hydrogen) atoms. The van der Waals surface area contributed by atoms with Gasteiger partial charge in [0.05, 0.1) is 5.56 Å². The van der Waals surface area contributed by atoms with Gasteiger partial charge < -0.3 is 14.6 Å². The number of benzene rings is 2. The second-order valence-electron chi connectivity index (χ2n) is 4.79. The second-order valence-corrected chi connectivity index (χ2v) is 4.79. The molecule has 1 aliphatic rings. The van der Waals surface area contributed by atoms with Crippen molar-refractivity contribution in [2.24, 2.45) is 0 Å². The zero-order chi connectivity index (χ0) is 15.5. The minimum Gasteiger partial charge on any atom is -0.508 e. The molecule has 0 spiro atoms. The molecule has 110 valence electrons. The van der Waals surface area contributed by atoms with Crippen molar-refractivity contribution in [3.8, 4) is 17.2 Å². The van der Waals surface area contributed by atoms with E-state index in [0.717, 1.165) is 11.3 Å². The Morgan fingerprint density at radius 1 is 1.18 bits per heavy atom. The van der Waals surface area contributed by atoms with Crippen LogP contribution < -0.4 is 9.47 Å². The van der Waals surface area contributed by atoms with Crippen molar-refractivity contribution < 1.29 is 19.4 Å². The molecular weight excluding hydrogens is 280 g/mol. The number of carbonyl (C=O) groups is 1. The summed E-state index contributed by atoms with van der Waals surface area (Å²) < 4.78 is 10.9. The SMILES string of the molecule is C=CCOc1ccc(/C=C2/Oc3cc(O)ccc3C2=O)cc1. The van der Waals surface area contributed by atoms with E-state index < -0.39 is 0 Å². The van der Waals surface area contributed by atoms with Crippen molar-refractivity contribution in [1.29, 1.82) is 0 Å². The Morgan fingerprint density at radius 2 is 1.95 bits per heavy atom. The topological polar surface area (TPSA) is 55.8 Å². The summed E-state index contributed by atoms with van der Waals surface area (Å²) in [5.41, 5.74) is 1.28. The zero-order valence-corrected chi connectivity index (χ0v) is 11.8. The molecule has 1 heterocycles. The van der Waals surface area contributed by atoms with Crippen LogP contribution in [0, 0.1) is 0 Å². The van der Waals surface area contributed by atoms with Gasteiger partial charge in [0.25, 0.3) is 0 Å². The van der Waals surface area contributed by atoms with Gasteiger partial charge in [0.2, 0.25) is 5.78 Å². The van der Waals surface area contributed by atoms with Crippen molar-refractivity contribution in [2.75, 3.05) is 6.61 Å². The molecule has 0 amide bonds. The van der Waals surface area contributed by atoms with Crippen LogP contribution in [0.25, 0.3) is 6.08 Å². The summed E-state index contributed by atoms with van der Waals surface area (Å²) >= 11 is 0. The van der Waals surface area contributed by atoms with Crippen LogP contribution in [-0.4, -0.2) is 17.5 Å². The number of ketones is 1. The highest BCUT2D eigenvalue weighted by Gasteiger charge is 2.27. The third-order valence-electron chi connectivity index (χ3n) is 3.20. The van der Waals surface area contributed by atoms with Crippen LogP contribution in [0.5, 0.6) is 17.2 Å². The van der Waals surface area contributed by atoms with Gasteiger partial charge in [-0.05, 0) is 35.9 Å². The lowest BCUT2D eigenvalue weighted by Crippen LogP contribution is -1.98. The quantitative estimate of drug-likeness (QED) is 0.692. The standard InChI is InChI=1S/C18H14O4/c1-2-9-21-14-6-3-12(4-7-14)10-17-18(20)15-8-5-13(19)11-16(15)22-17/h2-8,10-11,19H,1,9H2/b17-10+. The van der Waals surface area contributed by atoms with E-state index >= 15 is 0 Å². The lowest BCUT2D eigenvalue weighted by Gasteiger charge is -2.03. The number of ether oxygens (including phenoxy) is 2. The fourth-order valence-corrected chi connectivity index (χ4v) is 2.14. The summed E-state index contributed by atoms with van der Waals surface area (Å²) in [6, 6.07) is 11.8. The van der Waals surface area contributed by atoms with Crippen LogP contribution >= 0.6 is 0 Å². The Hall–Kier alpha value is -3.01. The van der Waals surface area contributed by atoms with Gasteiger partial charge in [-0.15, -0.1) is 0 Å². The minimum atomic E-state index is -0.193. The molecule has 0 bridgehead atoms. The largest absolute Gasteiger partial charge is 0.508 e. The van der Waals surface area contributed by atoms with Crippen molar-refractivity contribution in [3.63, 3.8) is 0 Å². The van der Waals surface area contributed by atoms with E-state index in [4.69, 9.17) is 9.47 Å². The van der Waals surface area contributed by atoms with E-state index in [2.05, 4.69) is 6.58 Å². The second kappa shape index (κ2) is 5.77. The molecule has 0 fully saturated rings. The maximum Gasteiger partial charge on any atom is 0.231 e. The van der Waals surface area contributed by atoms with Gasteiger partial charge in [-0.3, -0.25) is 4.79 Å². The van der Waals surface area contributed by atoms with Gasteiger partial charge in [-0.2, -0.15) is 0 Å². The van der Waals surface area contributed by atoms with Crippen molar-refractivity contribution in [2.45, 2.75) is 0 Å². The Kier molecular flexibility index (Phi) is 3.66. The van der Waals surface area contributed by atoms with E-state index in [1.54, 1.807) is 18.2 Å². The average Bonchev–Trinajstić information content (AvgIpc) is 2.82. The number of fused-ring (bicyclic) bond motifs is 1. The number of hydrogen-bond donors (Lipinski definition) is 1. The molecule has 0 saturated heterocycles. The van der Waals surface area contributed by atoms with Crippen molar-refractivity contribution >= 4 is 11.9 Å². The first-order chi connectivity index (χ1) is 10.7. The maximum absolute atomic E-state index is 12.2. The smallest absolute Gasteiger partial charge is 0.231 e. The molecule has 2 aromatic carbocycles. The van der Waals surface area contributed by atoms with Gasteiger partial charge in [-0.25, -0.2) is 0 Å². The highest BCUT2D eigenvalue weighted by molar-refractivity contribution is 6.14. The van der Waals surface area contributed by atoms with E-state index in [0.29, 0.717) is 17.9 Å². The summed E-state index contributed by atoms with van der Waals surface area (Å²) in [5.74, 6) is 1.22. The van der Waals surface area contributed by atoms with Crippen LogP contribution in [0.15, 0.2) is 60.9 Å².